The summed E-state index contributed by atoms with van der Waals surface area (Å²) < 4.78 is 10.2. The number of hydrogen-bond acceptors (Lipinski definition) is 8. The Kier molecular flexibility index (Phi) is 13.2. The van der Waals surface area contributed by atoms with E-state index in [1.165, 1.54) is 23.6 Å². The molecule has 0 aromatic carbocycles. The normalized spacial score (nSPS) is 18.0. The number of carbonyl (C=O) groups excluding carboxylic acids is 5. The zero-order chi connectivity index (χ0) is 28.3. The van der Waals surface area contributed by atoms with Crippen molar-refractivity contribution >= 4 is 41.5 Å². The molecule has 0 bridgehead atoms. The number of carbonyl (C=O) groups is 5. The molecule has 1 rings (SSSR count). The van der Waals surface area contributed by atoms with Crippen LogP contribution in [0.1, 0.15) is 67.7 Å². The van der Waals surface area contributed by atoms with Gasteiger partial charge in [-0.1, -0.05) is 13.8 Å². The number of nitrogens with one attached hydrogen (secondary N) is 3. The fourth-order valence-corrected chi connectivity index (χ4v) is 4.31. The van der Waals surface area contributed by atoms with Crippen LogP contribution >= 0.6 is 11.8 Å². The number of amides is 4. The van der Waals surface area contributed by atoms with Crippen molar-refractivity contribution in [2.24, 2.45) is 5.92 Å². The van der Waals surface area contributed by atoms with Crippen LogP contribution in [0.5, 0.6) is 0 Å². The smallest absolute Gasteiger partial charge is 0.408 e. The maximum atomic E-state index is 13.5. The van der Waals surface area contributed by atoms with Gasteiger partial charge in [0.25, 0.3) is 0 Å². The van der Waals surface area contributed by atoms with Crippen LogP contribution in [0.2, 0.25) is 0 Å². The van der Waals surface area contributed by atoms with Crippen molar-refractivity contribution in [1.29, 1.82) is 0 Å². The molecule has 11 nitrogen and oxygen atoms in total. The van der Waals surface area contributed by atoms with Crippen LogP contribution in [-0.4, -0.2) is 89.6 Å². The molecule has 1 unspecified atom stereocenters. The van der Waals surface area contributed by atoms with Gasteiger partial charge in [-0.05, 0) is 71.8 Å². The second kappa shape index (κ2) is 15.0. The van der Waals surface area contributed by atoms with Crippen LogP contribution in [0.4, 0.5) is 4.79 Å². The fourth-order valence-electron chi connectivity index (χ4n) is 3.84. The molecule has 1 saturated heterocycles. The molecule has 1 aliphatic rings. The Morgan fingerprint density at radius 1 is 1.05 bits per heavy atom. The molecule has 1 aliphatic heterocycles. The van der Waals surface area contributed by atoms with Gasteiger partial charge >= 0.3 is 12.1 Å². The highest BCUT2D eigenvalue weighted by Gasteiger charge is 2.40. The Morgan fingerprint density at radius 3 is 2.24 bits per heavy atom. The fraction of sp³-hybridized carbons (Fsp3) is 0.800. The lowest BCUT2D eigenvalue weighted by Crippen LogP contribution is -2.59. The molecule has 1 heterocycles. The summed E-state index contributed by atoms with van der Waals surface area (Å²) in [6.07, 6.45) is 2.60. The highest BCUT2D eigenvalue weighted by atomic mass is 32.2. The molecular formula is C25H44N4O7S. The van der Waals surface area contributed by atoms with Gasteiger partial charge in [0.05, 0.1) is 6.61 Å². The monoisotopic (exact) mass is 544 g/mol. The van der Waals surface area contributed by atoms with Crippen LogP contribution < -0.4 is 16.0 Å². The largest absolute Gasteiger partial charge is 0.464 e. The maximum absolute atomic E-state index is 13.5. The number of nitrogens with zero attached hydrogens (tertiary/aromatic N) is 1. The van der Waals surface area contributed by atoms with E-state index in [9.17, 15) is 24.0 Å². The van der Waals surface area contributed by atoms with E-state index in [4.69, 9.17) is 9.47 Å². The third-order valence-electron chi connectivity index (χ3n) is 5.69. The summed E-state index contributed by atoms with van der Waals surface area (Å²) >= 11 is 1.53. The van der Waals surface area contributed by atoms with Crippen LogP contribution in [0.25, 0.3) is 0 Å². The molecule has 0 aliphatic carbocycles. The maximum Gasteiger partial charge on any atom is 0.408 e. The summed E-state index contributed by atoms with van der Waals surface area (Å²) in [5, 5.41) is 8.02. The number of rotatable bonds is 12. The Bertz CT molecular complexity index is 815. The molecule has 0 saturated carbocycles. The Hall–Kier alpha value is -2.50. The molecule has 212 valence electrons. The van der Waals surface area contributed by atoms with Crippen LogP contribution in [-0.2, 0) is 28.7 Å². The highest BCUT2D eigenvalue weighted by Crippen LogP contribution is 2.21. The van der Waals surface area contributed by atoms with E-state index >= 15 is 0 Å². The van der Waals surface area contributed by atoms with Crippen molar-refractivity contribution in [3.05, 3.63) is 0 Å². The van der Waals surface area contributed by atoms with Crippen molar-refractivity contribution in [3.63, 3.8) is 0 Å². The number of hydrogen-bond donors (Lipinski definition) is 3. The second-order valence-corrected chi connectivity index (χ2v) is 11.4. The number of ether oxygens (including phenoxy) is 2. The van der Waals surface area contributed by atoms with Crippen molar-refractivity contribution < 1.29 is 33.4 Å². The number of alkyl carbamates (subject to hydrolysis) is 1. The van der Waals surface area contributed by atoms with Gasteiger partial charge in [0.2, 0.25) is 17.7 Å². The summed E-state index contributed by atoms with van der Waals surface area (Å²) in [7, 11) is 0. The number of thioether (sulfide) groups is 1. The van der Waals surface area contributed by atoms with E-state index in [-0.39, 0.29) is 18.4 Å². The van der Waals surface area contributed by atoms with Gasteiger partial charge in [0.1, 0.15) is 29.8 Å². The SMILES string of the molecule is CCOC(=O)[C@H](C)NC(=O)C1CCCN1C(=O)[C@@H](NC(=O)[C@H](CCSC)NC(=O)OC(C)(C)C)C(C)C. The van der Waals surface area contributed by atoms with Crippen LogP contribution in [0, 0.1) is 5.92 Å². The zero-order valence-electron chi connectivity index (χ0n) is 23.3. The molecule has 3 N–H and O–H groups in total. The predicted molar refractivity (Wildman–Crippen MR) is 142 cm³/mol. The van der Waals surface area contributed by atoms with Crippen LogP contribution in [0.15, 0.2) is 0 Å². The first-order valence-corrected chi connectivity index (χ1v) is 14.2. The molecule has 4 atom stereocenters. The molecule has 0 aromatic rings. The van der Waals surface area contributed by atoms with E-state index < -0.39 is 53.6 Å². The first-order chi connectivity index (χ1) is 17.2. The standard InChI is InChI=1S/C25H44N4O7S/c1-9-35-23(33)16(4)26-21(31)18-11-10-13-29(18)22(32)19(15(2)3)28-20(30)17(12-14-37-8)27-24(34)36-25(5,6)7/h15-19H,9-14H2,1-8H3,(H,26,31)(H,27,34)(H,28,30)/t16-,17-,18?,19-/m0/s1. The molecule has 12 heteroatoms. The van der Waals surface area contributed by atoms with Crippen molar-refractivity contribution in [1.82, 2.24) is 20.9 Å². The van der Waals surface area contributed by atoms with E-state index in [1.54, 1.807) is 41.5 Å². The summed E-state index contributed by atoms with van der Waals surface area (Å²) in [6.45, 7) is 12.6. The molecule has 0 spiro atoms. The van der Waals surface area contributed by atoms with E-state index in [1.807, 2.05) is 6.26 Å². The first-order valence-electron chi connectivity index (χ1n) is 12.8. The third-order valence-corrected chi connectivity index (χ3v) is 6.33. The Balaban J connectivity index is 2.97. The first kappa shape index (κ1) is 32.5. The quantitative estimate of drug-likeness (QED) is 0.316. The molecule has 1 fully saturated rings. The van der Waals surface area contributed by atoms with E-state index in [2.05, 4.69) is 16.0 Å². The number of likely N-dealkylation sites (tertiary alicyclic amines) is 1. The average Bonchev–Trinajstić information content (AvgIpc) is 3.28. The molecule has 37 heavy (non-hydrogen) atoms. The summed E-state index contributed by atoms with van der Waals surface area (Å²) in [4.78, 5) is 65.3. The summed E-state index contributed by atoms with van der Waals surface area (Å²) in [5.41, 5.74) is -0.725. The van der Waals surface area contributed by atoms with Crippen molar-refractivity contribution in [2.75, 3.05) is 25.2 Å². The van der Waals surface area contributed by atoms with Gasteiger partial charge in [-0.25, -0.2) is 9.59 Å². The molecule has 0 aromatic heterocycles. The Labute approximate surface area is 224 Å². The minimum Gasteiger partial charge on any atom is -0.464 e. The van der Waals surface area contributed by atoms with Gasteiger partial charge < -0.3 is 30.3 Å². The van der Waals surface area contributed by atoms with Crippen LogP contribution in [0.3, 0.4) is 0 Å². The minimum atomic E-state index is -0.902. The number of esters is 1. The van der Waals surface area contributed by atoms with E-state index in [0.717, 1.165) is 0 Å². The van der Waals surface area contributed by atoms with E-state index in [0.29, 0.717) is 31.6 Å². The van der Waals surface area contributed by atoms with Crippen molar-refractivity contribution in [3.8, 4) is 0 Å². The van der Waals surface area contributed by atoms with Gasteiger partial charge in [-0.3, -0.25) is 14.4 Å². The highest BCUT2D eigenvalue weighted by molar-refractivity contribution is 7.98. The minimum absolute atomic E-state index is 0.198. The third kappa shape index (κ3) is 10.8. The van der Waals surface area contributed by atoms with Gasteiger partial charge in [-0.2, -0.15) is 11.8 Å². The van der Waals surface area contributed by atoms with Gasteiger partial charge in [0, 0.05) is 6.54 Å². The lowest BCUT2D eigenvalue weighted by molar-refractivity contribution is -0.148. The van der Waals surface area contributed by atoms with Crippen molar-refractivity contribution in [2.45, 2.75) is 97.5 Å². The average molecular weight is 545 g/mol. The second-order valence-electron chi connectivity index (χ2n) is 10.4. The zero-order valence-corrected chi connectivity index (χ0v) is 24.2. The molecule has 4 amide bonds. The van der Waals surface area contributed by atoms with Gasteiger partial charge in [0.15, 0.2) is 0 Å². The van der Waals surface area contributed by atoms with Gasteiger partial charge in [-0.15, -0.1) is 0 Å². The summed E-state index contributed by atoms with van der Waals surface area (Å²) in [5.74, 6) is -1.53. The lowest BCUT2D eigenvalue weighted by atomic mass is 10.0. The lowest BCUT2D eigenvalue weighted by Gasteiger charge is -2.32. The predicted octanol–water partition coefficient (Wildman–Crippen LogP) is 1.83. The topological polar surface area (TPSA) is 143 Å². The Morgan fingerprint density at radius 2 is 1.70 bits per heavy atom. The summed E-state index contributed by atoms with van der Waals surface area (Å²) in [6, 6.07) is -3.39. The molecule has 0 radical (unpaired) electrons. The molecular weight excluding hydrogens is 500 g/mol.